The highest BCUT2D eigenvalue weighted by Gasteiger charge is 2.43. The maximum absolute atomic E-state index is 13.3. The number of hydrogen-bond donors (Lipinski definition) is 2. The second kappa shape index (κ2) is 9.22. The summed E-state index contributed by atoms with van der Waals surface area (Å²) >= 11 is 0. The Balaban J connectivity index is 1.50. The number of nitrogens with zero attached hydrogens (tertiary/aromatic N) is 2. The van der Waals surface area contributed by atoms with E-state index in [1.54, 1.807) is 37.3 Å². The minimum absolute atomic E-state index is 0.0162. The monoisotopic (exact) mass is 493 g/mol. The lowest BCUT2D eigenvalue weighted by Gasteiger charge is -2.37. The van der Waals surface area contributed by atoms with Gasteiger partial charge >= 0.3 is 0 Å². The van der Waals surface area contributed by atoms with E-state index in [0.717, 1.165) is 0 Å². The number of sulfone groups is 1. The van der Waals surface area contributed by atoms with Gasteiger partial charge in [0.15, 0.2) is 15.6 Å². The molecule has 0 fully saturated rings. The van der Waals surface area contributed by atoms with Crippen molar-refractivity contribution in [2.24, 2.45) is 5.41 Å². The first-order chi connectivity index (χ1) is 16.5. The van der Waals surface area contributed by atoms with Crippen LogP contribution in [0, 0.1) is 5.41 Å². The van der Waals surface area contributed by atoms with Crippen LogP contribution < -0.4 is 5.32 Å². The third-order valence-corrected chi connectivity index (χ3v) is 8.02. The standard InChI is InChI=1S/C26H27N3O5S/c1-4-35(33,34)18-8-5-16(6-9-18)13-23(31)29-22-12-10-19-21(28-22)14-26(2,3)24(25(19)32)20-11-7-17(30)15-27-20/h5-12,15,24,30H,4,13-14H2,1-3H3,(H,28,29,31). The second-order valence-electron chi connectivity index (χ2n) is 9.37. The molecule has 1 atom stereocenters. The molecular weight excluding hydrogens is 466 g/mol. The largest absolute Gasteiger partial charge is 0.506 e. The van der Waals surface area contributed by atoms with Gasteiger partial charge in [-0.05, 0) is 53.8 Å². The summed E-state index contributed by atoms with van der Waals surface area (Å²) < 4.78 is 23.9. The van der Waals surface area contributed by atoms with Gasteiger partial charge in [0.05, 0.1) is 40.6 Å². The molecule has 0 saturated carbocycles. The normalized spacial score (nSPS) is 17.0. The van der Waals surface area contributed by atoms with E-state index < -0.39 is 21.2 Å². The van der Waals surface area contributed by atoms with Crippen molar-refractivity contribution in [2.75, 3.05) is 11.1 Å². The molecule has 35 heavy (non-hydrogen) atoms. The lowest BCUT2D eigenvalue weighted by molar-refractivity contribution is -0.115. The molecule has 1 unspecified atom stereocenters. The van der Waals surface area contributed by atoms with E-state index in [2.05, 4.69) is 15.3 Å². The molecular formula is C26H27N3O5S. The fourth-order valence-electron chi connectivity index (χ4n) is 4.43. The molecule has 1 amide bonds. The zero-order valence-corrected chi connectivity index (χ0v) is 20.6. The molecule has 0 aliphatic heterocycles. The van der Waals surface area contributed by atoms with Gasteiger partial charge < -0.3 is 10.4 Å². The first-order valence-corrected chi connectivity index (χ1v) is 13.0. The molecule has 8 nitrogen and oxygen atoms in total. The molecule has 4 rings (SSSR count). The van der Waals surface area contributed by atoms with Crippen LogP contribution >= 0.6 is 0 Å². The van der Waals surface area contributed by atoms with E-state index in [9.17, 15) is 23.1 Å². The number of pyridine rings is 2. The molecule has 0 spiro atoms. The molecule has 0 bridgehead atoms. The predicted molar refractivity (Wildman–Crippen MR) is 131 cm³/mol. The van der Waals surface area contributed by atoms with E-state index in [1.165, 1.54) is 24.4 Å². The first-order valence-electron chi connectivity index (χ1n) is 11.3. The van der Waals surface area contributed by atoms with Gasteiger partial charge in [0.2, 0.25) is 5.91 Å². The van der Waals surface area contributed by atoms with Crippen LogP contribution in [-0.2, 0) is 27.5 Å². The van der Waals surface area contributed by atoms with Gasteiger partial charge in [0.25, 0.3) is 0 Å². The molecule has 0 radical (unpaired) electrons. The fourth-order valence-corrected chi connectivity index (χ4v) is 5.31. The van der Waals surface area contributed by atoms with Crippen LogP contribution in [0.5, 0.6) is 5.75 Å². The summed E-state index contributed by atoms with van der Waals surface area (Å²) in [6, 6.07) is 12.7. The van der Waals surface area contributed by atoms with Gasteiger partial charge in [-0.15, -0.1) is 0 Å². The van der Waals surface area contributed by atoms with Crippen molar-refractivity contribution in [3.05, 3.63) is 77.2 Å². The number of ketones is 1. The molecule has 2 N–H and O–H groups in total. The molecule has 0 saturated heterocycles. The Kier molecular flexibility index (Phi) is 6.46. The van der Waals surface area contributed by atoms with Gasteiger partial charge in [-0.25, -0.2) is 13.4 Å². The molecule has 1 aliphatic carbocycles. The van der Waals surface area contributed by atoms with E-state index in [0.29, 0.717) is 34.8 Å². The number of benzene rings is 1. The van der Waals surface area contributed by atoms with Crippen LogP contribution in [0.1, 0.15) is 54.0 Å². The Morgan fingerprint density at radius 2 is 1.83 bits per heavy atom. The van der Waals surface area contributed by atoms with Gasteiger partial charge in [-0.3, -0.25) is 14.6 Å². The van der Waals surface area contributed by atoms with Gasteiger partial charge in [0.1, 0.15) is 11.6 Å². The minimum atomic E-state index is -3.29. The Morgan fingerprint density at radius 3 is 2.46 bits per heavy atom. The molecule has 2 heterocycles. The molecule has 1 aliphatic rings. The maximum Gasteiger partial charge on any atom is 0.229 e. The number of rotatable bonds is 6. The first kappa shape index (κ1) is 24.5. The summed E-state index contributed by atoms with van der Waals surface area (Å²) in [6.07, 6.45) is 1.91. The smallest absolute Gasteiger partial charge is 0.229 e. The molecule has 2 aromatic heterocycles. The van der Waals surface area contributed by atoms with Gasteiger partial charge in [-0.2, -0.15) is 0 Å². The summed E-state index contributed by atoms with van der Waals surface area (Å²) in [6.45, 7) is 5.53. The van der Waals surface area contributed by atoms with E-state index in [-0.39, 0.29) is 34.5 Å². The van der Waals surface area contributed by atoms with E-state index in [4.69, 9.17) is 0 Å². The third-order valence-electron chi connectivity index (χ3n) is 6.27. The quantitative estimate of drug-likeness (QED) is 0.536. The van der Waals surface area contributed by atoms with Crippen LogP contribution in [0.4, 0.5) is 5.82 Å². The number of amides is 1. The summed E-state index contributed by atoms with van der Waals surface area (Å²) in [5.41, 5.74) is 1.91. The van der Waals surface area contributed by atoms with Crippen LogP contribution in [0.25, 0.3) is 0 Å². The molecule has 3 aromatic rings. The van der Waals surface area contributed by atoms with Crippen LogP contribution in [-0.4, -0.2) is 40.9 Å². The number of fused-ring (bicyclic) bond motifs is 1. The zero-order valence-electron chi connectivity index (χ0n) is 19.8. The topological polar surface area (TPSA) is 126 Å². The Hall–Kier alpha value is -3.59. The SMILES string of the molecule is CCS(=O)(=O)c1ccc(CC(=O)Nc2ccc3c(n2)CC(C)(C)C(c2ccc(O)cn2)C3=O)cc1. The number of carbonyl (C=O) groups is 2. The van der Waals surface area contributed by atoms with E-state index >= 15 is 0 Å². The highest BCUT2D eigenvalue weighted by Crippen LogP contribution is 2.44. The fraction of sp³-hybridized carbons (Fsp3) is 0.308. The average Bonchev–Trinajstić information content (AvgIpc) is 2.80. The number of carbonyl (C=O) groups excluding carboxylic acids is 2. The summed E-state index contributed by atoms with van der Waals surface area (Å²) in [7, 11) is -3.29. The molecule has 182 valence electrons. The van der Waals surface area contributed by atoms with Crippen molar-refractivity contribution >= 4 is 27.3 Å². The molecule has 9 heteroatoms. The van der Waals surface area contributed by atoms with Crippen LogP contribution in [0.15, 0.2) is 59.6 Å². The van der Waals surface area contributed by atoms with Gasteiger partial charge in [0, 0.05) is 5.56 Å². The predicted octanol–water partition coefficient (Wildman–Crippen LogP) is 3.71. The number of aromatic hydroxyl groups is 1. The highest BCUT2D eigenvalue weighted by molar-refractivity contribution is 7.91. The van der Waals surface area contributed by atoms with Gasteiger partial charge in [-0.1, -0.05) is 32.9 Å². The number of nitrogens with one attached hydrogen (secondary N) is 1. The highest BCUT2D eigenvalue weighted by atomic mass is 32.2. The van der Waals surface area contributed by atoms with Crippen molar-refractivity contribution in [3.8, 4) is 5.75 Å². The number of aromatic nitrogens is 2. The lowest BCUT2D eigenvalue weighted by Crippen LogP contribution is -2.37. The zero-order chi connectivity index (χ0) is 25.4. The number of anilines is 1. The molecule has 1 aromatic carbocycles. The average molecular weight is 494 g/mol. The number of hydrogen-bond acceptors (Lipinski definition) is 7. The number of Topliss-reactive ketones (excluding diaryl/α,β-unsaturated/α-hetero) is 1. The summed E-state index contributed by atoms with van der Waals surface area (Å²) in [5.74, 6) is -0.458. The Bertz CT molecular complexity index is 1380. The third kappa shape index (κ3) is 5.09. The summed E-state index contributed by atoms with van der Waals surface area (Å²) in [5, 5.41) is 12.3. The van der Waals surface area contributed by atoms with Crippen molar-refractivity contribution in [2.45, 2.75) is 44.4 Å². The minimum Gasteiger partial charge on any atom is -0.506 e. The Labute approximate surface area is 204 Å². The van der Waals surface area contributed by atoms with Crippen molar-refractivity contribution < 1.29 is 23.1 Å². The van der Waals surface area contributed by atoms with E-state index in [1.807, 2.05) is 13.8 Å². The summed E-state index contributed by atoms with van der Waals surface area (Å²) in [4.78, 5) is 35.0. The van der Waals surface area contributed by atoms with Crippen molar-refractivity contribution in [1.29, 1.82) is 0 Å². The second-order valence-corrected chi connectivity index (χ2v) is 11.6. The van der Waals surface area contributed by atoms with Crippen molar-refractivity contribution in [3.63, 3.8) is 0 Å². The van der Waals surface area contributed by atoms with Crippen LogP contribution in [0.3, 0.4) is 0 Å². The van der Waals surface area contributed by atoms with Crippen LogP contribution in [0.2, 0.25) is 0 Å². The van der Waals surface area contributed by atoms with Crippen molar-refractivity contribution in [1.82, 2.24) is 9.97 Å². The Morgan fingerprint density at radius 1 is 1.11 bits per heavy atom. The lowest BCUT2D eigenvalue weighted by atomic mass is 9.66. The maximum atomic E-state index is 13.3.